The number of carbonyl (C=O) groups is 1. The van der Waals surface area contributed by atoms with Crippen molar-refractivity contribution in [2.24, 2.45) is 0 Å². The molecule has 0 unspecified atom stereocenters. The Balaban J connectivity index is 2.28. The minimum atomic E-state index is -3.73. The summed E-state index contributed by atoms with van der Waals surface area (Å²) in [5.74, 6) is -0.0120. The maximum atomic E-state index is 12.8. The van der Waals surface area contributed by atoms with Crippen LogP contribution in [0.4, 0.5) is 5.69 Å². The summed E-state index contributed by atoms with van der Waals surface area (Å²) in [7, 11) is -3.73. The number of hydrogen-bond donors (Lipinski definition) is 2. The van der Waals surface area contributed by atoms with E-state index in [0.29, 0.717) is 17.8 Å². The van der Waals surface area contributed by atoms with E-state index < -0.39 is 10.0 Å². The van der Waals surface area contributed by atoms with Gasteiger partial charge in [0.05, 0.1) is 10.6 Å². The Bertz CT molecular complexity index is 872. The minimum absolute atomic E-state index is 0.127. The molecular weight excluding hydrogens is 348 g/mol. The fourth-order valence-corrected chi connectivity index (χ4v) is 3.79. The van der Waals surface area contributed by atoms with Crippen LogP contribution in [-0.4, -0.2) is 20.9 Å². The number of sulfonamides is 1. The Hall–Kier alpha value is -2.34. The second kappa shape index (κ2) is 8.36. The average Bonchev–Trinajstić information content (AvgIpc) is 2.61. The molecule has 0 spiro atoms. The number of amides is 1. The maximum Gasteiger partial charge on any atom is 0.261 e. The molecule has 26 heavy (non-hydrogen) atoms. The summed E-state index contributed by atoms with van der Waals surface area (Å²) in [4.78, 5) is 12.1. The first-order valence-electron chi connectivity index (χ1n) is 8.77. The van der Waals surface area contributed by atoms with Gasteiger partial charge in [0.25, 0.3) is 15.9 Å². The lowest BCUT2D eigenvalue weighted by Gasteiger charge is -2.17. The van der Waals surface area contributed by atoms with Gasteiger partial charge in [0.15, 0.2) is 0 Å². The molecule has 0 aliphatic carbocycles. The fourth-order valence-electron chi connectivity index (χ4n) is 2.63. The molecule has 0 aliphatic heterocycles. The van der Waals surface area contributed by atoms with E-state index in [1.54, 1.807) is 0 Å². The van der Waals surface area contributed by atoms with Gasteiger partial charge in [-0.15, -0.1) is 0 Å². The highest BCUT2D eigenvalue weighted by Crippen LogP contribution is 2.29. The molecule has 140 valence electrons. The lowest BCUT2D eigenvalue weighted by atomic mass is 9.99. The highest BCUT2D eigenvalue weighted by molar-refractivity contribution is 7.92. The fraction of sp³-hybridized carbons (Fsp3) is 0.350. The minimum Gasteiger partial charge on any atom is -0.352 e. The molecule has 0 aromatic heterocycles. The highest BCUT2D eigenvalue weighted by atomic mass is 32.2. The number of benzene rings is 2. The van der Waals surface area contributed by atoms with Gasteiger partial charge < -0.3 is 5.32 Å². The van der Waals surface area contributed by atoms with Crippen LogP contribution in [0.3, 0.4) is 0 Å². The van der Waals surface area contributed by atoms with Gasteiger partial charge in [-0.3, -0.25) is 9.52 Å². The predicted molar refractivity (Wildman–Crippen MR) is 105 cm³/mol. The van der Waals surface area contributed by atoms with Crippen molar-refractivity contribution in [1.29, 1.82) is 0 Å². The molecule has 0 aliphatic rings. The largest absolute Gasteiger partial charge is 0.352 e. The van der Waals surface area contributed by atoms with E-state index in [-0.39, 0.29) is 16.7 Å². The van der Waals surface area contributed by atoms with Crippen LogP contribution >= 0.6 is 0 Å². The molecule has 0 atom stereocenters. The molecule has 2 rings (SSSR count). The van der Waals surface area contributed by atoms with E-state index >= 15 is 0 Å². The first-order valence-corrected chi connectivity index (χ1v) is 10.2. The third-order valence-electron chi connectivity index (χ3n) is 4.13. The highest BCUT2D eigenvalue weighted by Gasteiger charge is 2.19. The Kier molecular flexibility index (Phi) is 6.42. The van der Waals surface area contributed by atoms with Gasteiger partial charge >= 0.3 is 0 Å². The normalized spacial score (nSPS) is 11.4. The lowest BCUT2D eigenvalue weighted by molar-refractivity contribution is 0.0953. The number of hydrogen-bond acceptors (Lipinski definition) is 3. The van der Waals surface area contributed by atoms with Crippen LogP contribution in [0, 0.1) is 6.92 Å². The Labute approximate surface area is 155 Å². The molecule has 2 aromatic carbocycles. The standard InChI is InChI=1S/C20H26N2O3S/c1-5-13-21-20(23)16-9-11-17(12-10-16)26(24,25)22-19-15(4)7-6-8-18(19)14(2)3/h6-12,14,22H,5,13H2,1-4H3,(H,21,23). The van der Waals surface area contributed by atoms with E-state index in [1.165, 1.54) is 24.3 Å². The van der Waals surface area contributed by atoms with E-state index in [4.69, 9.17) is 0 Å². The molecule has 1 amide bonds. The quantitative estimate of drug-likeness (QED) is 0.767. The average molecular weight is 375 g/mol. The van der Waals surface area contributed by atoms with E-state index in [1.807, 2.05) is 45.9 Å². The van der Waals surface area contributed by atoms with Crippen LogP contribution in [0.25, 0.3) is 0 Å². The summed E-state index contributed by atoms with van der Waals surface area (Å²) in [5.41, 5.74) is 2.88. The van der Waals surface area contributed by atoms with Gasteiger partial charge in [-0.1, -0.05) is 39.0 Å². The predicted octanol–water partition coefficient (Wildman–Crippen LogP) is 4.06. The Morgan fingerprint density at radius 3 is 2.31 bits per heavy atom. The molecule has 5 nitrogen and oxygen atoms in total. The van der Waals surface area contributed by atoms with Crippen molar-refractivity contribution in [1.82, 2.24) is 5.32 Å². The number of para-hydroxylation sites is 1. The van der Waals surface area contributed by atoms with Gasteiger partial charge in [-0.2, -0.15) is 0 Å². The molecule has 2 aromatic rings. The lowest BCUT2D eigenvalue weighted by Crippen LogP contribution is -2.24. The summed E-state index contributed by atoms with van der Waals surface area (Å²) >= 11 is 0. The first-order chi connectivity index (χ1) is 12.3. The van der Waals surface area contributed by atoms with Crippen molar-refractivity contribution in [2.75, 3.05) is 11.3 Å². The monoisotopic (exact) mass is 374 g/mol. The molecule has 2 N–H and O–H groups in total. The second-order valence-electron chi connectivity index (χ2n) is 6.58. The van der Waals surface area contributed by atoms with Crippen LogP contribution < -0.4 is 10.0 Å². The third kappa shape index (κ3) is 4.64. The smallest absolute Gasteiger partial charge is 0.261 e. The van der Waals surface area contributed by atoms with Crippen LogP contribution in [0.5, 0.6) is 0 Å². The van der Waals surface area contributed by atoms with Crippen molar-refractivity contribution < 1.29 is 13.2 Å². The van der Waals surface area contributed by atoms with Gasteiger partial charge in [0.2, 0.25) is 0 Å². The zero-order chi connectivity index (χ0) is 19.3. The molecule has 0 saturated heterocycles. The zero-order valence-corrected chi connectivity index (χ0v) is 16.5. The van der Waals surface area contributed by atoms with Crippen LogP contribution in [0.15, 0.2) is 47.4 Å². The zero-order valence-electron chi connectivity index (χ0n) is 15.7. The number of carbonyl (C=O) groups excluding carboxylic acids is 1. The Morgan fingerprint density at radius 2 is 1.73 bits per heavy atom. The van der Waals surface area contributed by atoms with Gasteiger partial charge in [-0.25, -0.2) is 8.42 Å². The first kappa shape index (κ1) is 20.0. The number of aryl methyl sites for hydroxylation is 1. The maximum absolute atomic E-state index is 12.8. The molecule has 0 bridgehead atoms. The summed E-state index contributed by atoms with van der Waals surface area (Å²) in [6.45, 7) is 8.49. The number of rotatable bonds is 7. The van der Waals surface area contributed by atoms with E-state index in [0.717, 1.165) is 17.5 Å². The number of nitrogens with one attached hydrogen (secondary N) is 2. The molecule has 6 heteroatoms. The topological polar surface area (TPSA) is 75.3 Å². The van der Waals surface area contributed by atoms with Crippen LogP contribution in [0.2, 0.25) is 0 Å². The second-order valence-corrected chi connectivity index (χ2v) is 8.26. The van der Waals surface area contributed by atoms with Gasteiger partial charge in [0.1, 0.15) is 0 Å². The van der Waals surface area contributed by atoms with Gasteiger partial charge in [-0.05, 0) is 54.7 Å². The van der Waals surface area contributed by atoms with Crippen LogP contribution in [0.1, 0.15) is 54.6 Å². The molecule has 0 heterocycles. The molecule has 0 radical (unpaired) electrons. The van der Waals surface area contributed by atoms with Crippen molar-refractivity contribution in [3.8, 4) is 0 Å². The van der Waals surface area contributed by atoms with Crippen molar-refractivity contribution in [3.05, 3.63) is 59.2 Å². The summed E-state index contributed by atoms with van der Waals surface area (Å²) in [6.07, 6.45) is 0.844. The summed E-state index contributed by atoms with van der Waals surface area (Å²) < 4.78 is 28.2. The third-order valence-corrected chi connectivity index (χ3v) is 5.49. The molecular formula is C20H26N2O3S. The summed E-state index contributed by atoms with van der Waals surface area (Å²) in [5, 5.41) is 2.77. The SMILES string of the molecule is CCCNC(=O)c1ccc(S(=O)(=O)Nc2c(C)cccc2C(C)C)cc1. The van der Waals surface area contributed by atoms with Gasteiger partial charge in [0, 0.05) is 12.1 Å². The van der Waals surface area contributed by atoms with Crippen molar-refractivity contribution in [2.45, 2.75) is 44.9 Å². The van der Waals surface area contributed by atoms with E-state index in [9.17, 15) is 13.2 Å². The summed E-state index contributed by atoms with van der Waals surface area (Å²) in [6, 6.07) is 11.7. The Morgan fingerprint density at radius 1 is 1.08 bits per heavy atom. The van der Waals surface area contributed by atoms with Crippen LogP contribution in [-0.2, 0) is 10.0 Å². The van der Waals surface area contributed by atoms with Crippen molar-refractivity contribution in [3.63, 3.8) is 0 Å². The molecule has 0 saturated carbocycles. The van der Waals surface area contributed by atoms with E-state index in [2.05, 4.69) is 10.0 Å². The molecule has 0 fully saturated rings. The van der Waals surface area contributed by atoms with Crippen molar-refractivity contribution >= 4 is 21.6 Å². The number of anilines is 1.